The fourth-order valence-electron chi connectivity index (χ4n) is 2.68. The molecule has 3 aromatic rings. The van der Waals surface area contributed by atoms with Gasteiger partial charge in [0, 0.05) is 53.2 Å². The summed E-state index contributed by atoms with van der Waals surface area (Å²) in [6.45, 7) is 1.92. The van der Waals surface area contributed by atoms with Crippen LogP contribution in [0.3, 0.4) is 0 Å². The van der Waals surface area contributed by atoms with E-state index in [-0.39, 0.29) is 18.6 Å². The standard InChI is InChI=1S/C21H21N3O2S/c1-15-8-10-17(21(23-15)24-18-6-4-3-5-7-18)13-19(25)12-16-9-11-20(22-14-16)27(2)26/h3-11,14H,12-13H2,1-2H3,(H,23,24). The zero-order valence-corrected chi connectivity index (χ0v) is 16.1. The minimum absolute atomic E-state index is 0.0731. The van der Waals surface area contributed by atoms with Crippen LogP contribution in [0.4, 0.5) is 11.5 Å². The van der Waals surface area contributed by atoms with Crippen molar-refractivity contribution in [2.24, 2.45) is 0 Å². The number of Topliss-reactive ketones (excluding diaryl/α,β-unsaturated/α-hetero) is 1. The summed E-state index contributed by atoms with van der Waals surface area (Å²) < 4.78 is 11.4. The fraction of sp³-hybridized carbons (Fsp3) is 0.190. The first-order valence-electron chi connectivity index (χ1n) is 8.60. The predicted molar refractivity (Wildman–Crippen MR) is 108 cm³/mol. The highest BCUT2D eigenvalue weighted by Gasteiger charge is 2.12. The third-order valence-corrected chi connectivity index (χ3v) is 4.87. The molecular formula is C21H21N3O2S. The molecule has 0 amide bonds. The molecule has 2 aromatic heterocycles. The number of benzene rings is 1. The Morgan fingerprint density at radius 2 is 1.85 bits per heavy atom. The van der Waals surface area contributed by atoms with E-state index < -0.39 is 11.2 Å². The van der Waals surface area contributed by atoms with Gasteiger partial charge in [-0.1, -0.05) is 30.3 Å². The number of aryl methyl sites for hydroxylation is 1. The van der Waals surface area contributed by atoms with Crippen molar-refractivity contribution in [2.75, 3.05) is 11.6 Å². The third-order valence-electron chi connectivity index (χ3n) is 4.04. The maximum Gasteiger partial charge on any atom is 0.244 e. The van der Waals surface area contributed by atoms with Gasteiger partial charge in [0.1, 0.15) is 17.9 Å². The van der Waals surface area contributed by atoms with Crippen LogP contribution in [0.5, 0.6) is 0 Å². The zero-order valence-electron chi connectivity index (χ0n) is 15.3. The maximum atomic E-state index is 12.5. The van der Waals surface area contributed by atoms with Crippen molar-refractivity contribution in [3.63, 3.8) is 0 Å². The smallest absolute Gasteiger partial charge is 0.244 e. The summed E-state index contributed by atoms with van der Waals surface area (Å²) in [4.78, 5) is 21.2. The van der Waals surface area contributed by atoms with E-state index in [0.717, 1.165) is 22.5 Å². The normalized spacial score (nSPS) is 11.8. The van der Waals surface area contributed by atoms with Gasteiger partial charge in [-0.2, -0.15) is 0 Å². The number of nitrogens with one attached hydrogen (secondary N) is 1. The number of hydrogen-bond donors (Lipinski definition) is 1. The Kier molecular flexibility index (Phi) is 6.21. The van der Waals surface area contributed by atoms with Gasteiger partial charge in [0.2, 0.25) is 5.03 Å². The number of para-hydroxylation sites is 1. The first-order valence-corrected chi connectivity index (χ1v) is 10.2. The summed E-state index contributed by atoms with van der Waals surface area (Å²) in [6, 6.07) is 17.1. The molecule has 1 atom stereocenters. The lowest BCUT2D eigenvalue weighted by Crippen LogP contribution is -2.10. The van der Waals surface area contributed by atoms with Crippen LogP contribution in [0.2, 0.25) is 0 Å². The molecule has 138 valence electrons. The number of hydrogen-bond acceptors (Lipinski definition) is 5. The molecule has 1 unspecified atom stereocenters. The van der Waals surface area contributed by atoms with Crippen LogP contribution in [0.15, 0.2) is 65.8 Å². The van der Waals surface area contributed by atoms with Gasteiger partial charge >= 0.3 is 0 Å². The van der Waals surface area contributed by atoms with Crippen molar-refractivity contribution in [3.05, 3.63) is 77.6 Å². The van der Waals surface area contributed by atoms with E-state index in [4.69, 9.17) is 0 Å². The Balaban J connectivity index is 1.71. The van der Waals surface area contributed by atoms with E-state index in [1.165, 1.54) is 0 Å². The Bertz CT molecular complexity index is 912. The second kappa shape index (κ2) is 8.79. The highest BCUT2D eigenvalue weighted by atomic mass is 32.2. The Labute approximate surface area is 162 Å². The second-order valence-electron chi connectivity index (χ2n) is 6.30. The molecule has 2 heterocycles. The fourth-order valence-corrected chi connectivity index (χ4v) is 3.14. The van der Waals surface area contributed by atoms with E-state index in [9.17, 15) is 9.35 Å². The van der Waals surface area contributed by atoms with E-state index in [2.05, 4.69) is 15.3 Å². The zero-order chi connectivity index (χ0) is 19.2. The molecule has 5 nitrogen and oxygen atoms in total. The van der Waals surface area contributed by atoms with Crippen LogP contribution >= 0.6 is 0 Å². The number of carbonyl (C=O) groups is 1. The molecule has 0 bridgehead atoms. The van der Waals surface area contributed by atoms with Gasteiger partial charge in [-0.25, -0.2) is 9.97 Å². The first-order chi connectivity index (χ1) is 13.0. The largest absolute Gasteiger partial charge is 0.610 e. The molecule has 1 N–H and O–H groups in total. The van der Waals surface area contributed by atoms with Gasteiger partial charge in [-0.3, -0.25) is 4.79 Å². The minimum Gasteiger partial charge on any atom is -0.610 e. The SMILES string of the molecule is Cc1ccc(CC(=O)Cc2ccc([S+](C)[O-])nc2)c(Nc2ccccc2)n1. The third kappa shape index (κ3) is 5.39. The Morgan fingerprint density at radius 1 is 1.07 bits per heavy atom. The molecule has 0 aliphatic heterocycles. The molecule has 3 rings (SSSR count). The molecule has 0 aliphatic carbocycles. The van der Waals surface area contributed by atoms with Crippen molar-refractivity contribution >= 4 is 28.5 Å². The van der Waals surface area contributed by atoms with Crippen LogP contribution < -0.4 is 5.32 Å². The maximum absolute atomic E-state index is 12.5. The summed E-state index contributed by atoms with van der Waals surface area (Å²) in [7, 11) is 0. The average Bonchev–Trinajstić information content (AvgIpc) is 2.65. The van der Waals surface area contributed by atoms with Gasteiger partial charge in [0.25, 0.3) is 0 Å². The molecule has 1 aromatic carbocycles. The van der Waals surface area contributed by atoms with E-state index in [1.54, 1.807) is 24.6 Å². The van der Waals surface area contributed by atoms with Gasteiger partial charge < -0.3 is 9.87 Å². The second-order valence-corrected chi connectivity index (χ2v) is 7.63. The number of pyridine rings is 2. The van der Waals surface area contributed by atoms with Gasteiger partial charge in [-0.15, -0.1) is 0 Å². The molecule has 0 saturated carbocycles. The summed E-state index contributed by atoms with van der Waals surface area (Å²) in [5, 5.41) is 3.81. The lowest BCUT2D eigenvalue weighted by Gasteiger charge is -2.12. The Hall–Kier alpha value is -2.70. The van der Waals surface area contributed by atoms with Crippen molar-refractivity contribution in [1.82, 2.24) is 9.97 Å². The molecule has 0 fully saturated rings. The molecular weight excluding hydrogens is 358 g/mol. The number of aromatic nitrogens is 2. The number of nitrogens with zero attached hydrogens (tertiary/aromatic N) is 2. The lowest BCUT2D eigenvalue weighted by atomic mass is 10.0. The van der Waals surface area contributed by atoms with E-state index in [1.807, 2.05) is 49.4 Å². The molecule has 0 radical (unpaired) electrons. The molecule has 0 aliphatic rings. The lowest BCUT2D eigenvalue weighted by molar-refractivity contribution is -0.117. The van der Waals surface area contributed by atoms with Crippen LogP contribution in [0.1, 0.15) is 16.8 Å². The molecule has 0 spiro atoms. The quantitative estimate of drug-likeness (QED) is 0.635. The van der Waals surface area contributed by atoms with Crippen LogP contribution in [-0.2, 0) is 28.8 Å². The van der Waals surface area contributed by atoms with Crippen LogP contribution in [0.25, 0.3) is 0 Å². The number of rotatable bonds is 7. The Morgan fingerprint density at radius 3 is 2.52 bits per heavy atom. The van der Waals surface area contributed by atoms with Crippen molar-refractivity contribution in [2.45, 2.75) is 24.8 Å². The first kappa shape index (κ1) is 19.1. The minimum atomic E-state index is -1.12. The van der Waals surface area contributed by atoms with Crippen molar-refractivity contribution in [3.8, 4) is 0 Å². The van der Waals surface area contributed by atoms with Crippen molar-refractivity contribution in [1.29, 1.82) is 0 Å². The number of ketones is 1. The van der Waals surface area contributed by atoms with E-state index in [0.29, 0.717) is 10.8 Å². The number of anilines is 2. The monoisotopic (exact) mass is 379 g/mol. The van der Waals surface area contributed by atoms with Gasteiger partial charge in [0.05, 0.1) is 0 Å². The van der Waals surface area contributed by atoms with Crippen molar-refractivity contribution < 1.29 is 9.35 Å². The highest BCUT2D eigenvalue weighted by molar-refractivity contribution is 7.90. The molecule has 0 saturated heterocycles. The summed E-state index contributed by atoms with van der Waals surface area (Å²) in [5.41, 5.74) is 3.48. The van der Waals surface area contributed by atoms with Crippen LogP contribution in [-0.4, -0.2) is 26.6 Å². The highest BCUT2D eigenvalue weighted by Crippen LogP contribution is 2.20. The summed E-state index contributed by atoms with van der Waals surface area (Å²) in [6.07, 6.45) is 3.76. The average molecular weight is 379 g/mol. The topological polar surface area (TPSA) is 77.9 Å². The van der Waals surface area contributed by atoms with E-state index >= 15 is 0 Å². The predicted octanol–water partition coefficient (Wildman–Crippen LogP) is 3.62. The molecule has 27 heavy (non-hydrogen) atoms. The van der Waals surface area contributed by atoms with Gasteiger partial charge in [-0.05, 0) is 30.7 Å². The summed E-state index contributed by atoms with van der Waals surface area (Å²) >= 11 is -1.12. The van der Waals surface area contributed by atoms with Crippen LogP contribution in [0, 0.1) is 6.92 Å². The number of carbonyl (C=O) groups excluding carboxylic acids is 1. The molecule has 6 heteroatoms. The summed E-state index contributed by atoms with van der Waals surface area (Å²) in [5.74, 6) is 0.772. The van der Waals surface area contributed by atoms with Gasteiger partial charge in [0.15, 0.2) is 0 Å².